The number of carboxylic acid groups (broad SMARTS) is 1. The summed E-state index contributed by atoms with van der Waals surface area (Å²) in [5, 5.41) is 17.6. The molecular formula is C10H14O3Y. The molecule has 1 radical (unpaired) electrons. The topological polar surface area (TPSA) is 57.5 Å². The minimum atomic E-state index is -0.979. The van der Waals surface area contributed by atoms with E-state index in [0.717, 1.165) is 0 Å². The van der Waals surface area contributed by atoms with Gasteiger partial charge in [-0.3, -0.25) is 0 Å². The number of rotatable bonds is 1. The van der Waals surface area contributed by atoms with Gasteiger partial charge >= 0.3 is 5.97 Å². The van der Waals surface area contributed by atoms with Gasteiger partial charge in [-0.2, -0.15) is 0 Å². The van der Waals surface area contributed by atoms with Crippen molar-refractivity contribution in [1.82, 2.24) is 0 Å². The van der Waals surface area contributed by atoms with Crippen LogP contribution >= 0.6 is 0 Å². The van der Waals surface area contributed by atoms with Gasteiger partial charge in [0.1, 0.15) is 5.75 Å². The van der Waals surface area contributed by atoms with Gasteiger partial charge in [-0.05, 0) is 30.7 Å². The van der Waals surface area contributed by atoms with Crippen molar-refractivity contribution in [2.24, 2.45) is 0 Å². The summed E-state index contributed by atoms with van der Waals surface area (Å²) in [6.07, 6.45) is 0. The Labute approximate surface area is 109 Å². The molecule has 0 aliphatic heterocycles. The zero-order valence-corrected chi connectivity index (χ0v) is 11.5. The molecule has 0 aliphatic carbocycles. The minimum Gasteiger partial charge on any atom is -0.508 e. The smallest absolute Gasteiger partial charge is 0.335 e. The van der Waals surface area contributed by atoms with E-state index in [0.29, 0.717) is 5.56 Å². The van der Waals surface area contributed by atoms with E-state index >= 15 is 0 Å². The molecule has 0 aliphatic rings. The minimum absolute atomic E-state index is 0. The molecule has 1 aromatic carbocycles. The average molecular weight is 271 g/mol. The monoisotopic (exact) mass is 271 g/mol. The van der Waals surface area contributed by atoms with Crippen molar-refractivity contribution < 1.29 is 47.7 Å². The molecule has 0 saturated heterocycles. The zero-order valence-electron chi connectivity index (χ0n) is 8.61. The Morgan fingerprint density at radius 3 is 2.14 bits per heavy atom. The quantitative estimate of drug-likeness (QED) is 0.824. The van der Waals surface area contributed by atoms with Crippen LogP contribution in [0.4, 0.5) is 0 Å². The summed E-state index contributed by atoms with van der Waals surface area (Å²) in [4.78, 5) is 10.4. The number of hydrogen-bond donors (Lipinski definition) is 2. The van der Waals surface area contributed by atoms with Crippen molar-refractivity contribution >= 4 is 5.97 Å². The molecule has 0 atom stereocenters. The molecule has 3 nitrogen and oxygen atoms in total. The summed E-state index contributed by atoms with van der Waals surface area (Å²) in [5.41, 5.74) is 0.769. The molecule has 0 bridgehead atoms. The fourth-order valence-electron chi connectivity index (χ4n) is 0.788. The maximum absolute atomic E-state index is 10.4. The van der Waals surface area contributed by atoms with Crippen LogP contribution in [0, 0.1) is 6.92 Å². The van der Waals surface area contributed by atoms with Crippen LogP contribution in [-0.4, -0.2) is 16.2 Å². The molecule has 1 rings (SSSR count). The number of hydrogen-bond acceptors (Lipinski definition) is 2. The molecule has 14 heavy (non-hydrogen) atoms. The van der Waals surface area contributed by atoms with Crippen molar-refractivity contribution in [1.29, 1.82) is 0 Å². The molecule has 0 unspecified atom stereocenters. The number of benzene rings is 1. The zero-order chi connectivity index (χ0) is 10.4. The van der Waals surface area contributed by atoms with Crippen LogP contribution in [0.15, 0.2) is 18.2 Å². The van der Waals surface area contributed by atoms with Crippen molar-refractivity contribution in [3.63, 3.8) is 0 Å². The third-order valence-corrected chi connectivity index (χ3v) is 1.44. The number of aryl methyl sites for hydroxylation is 1. The van der Waals surface area contributed by atoms with Gasteiger partial charge in [-0.15, -0.1) is 0 Å². The number of carbonyl (C=O) groups is 1. The molecule has 0 saturated carbocycles. The van der Waals surface area contributed by atoms with Crippen molar-refractivity contribution in [3.05, 3.63) is 29.3 Å². The van der Waals surface area contributed by atoms with Crippen LogP contribution in [0.5, 0.6) is 5.75 Å². The van der Waals surface area contributed by atoms with E-state index in [1.807, 2.05) is 13.8 Å². The average Bonchev–Trinajstić information content (AvgIpc) is 2.13. The summed E-state index contributed by atoms with van der Waals surface area (Å²) in [6, 6.07) is 4.17. The van der Waals surface area contributed by atoms with Gasteiger partial charge < -0.3 is 10.2 Å². The molecular weight excluding hydrogens is 257 g/mol. The van der Waals surface area contributed by atoms with Crippen LogP contribution in [-0.2, 0) is 32.7 Å². The third kappa shape index (κ3) is 4.73. The van der Waals surface area contributed by atoms with Crippen LogP contribution in [0.3, 0.4) is 0 Å². The standard InChI is InChI=1S/C8H8O3.C2H6.Y/c1-5-4-6(8(10)11)2-3-7(5)9;1-2;/h2-4,9H,1H3,(H,10,11);1-2H3;. The first-order chi connectivity index (χ1) is 6.11. The van der Waals surface area contributed by atoms with Crippen LogP contribution in [0.2, 0.25) is 0 Å². The summed E-state index contributed by atoms with van der Waals surface area (Å²) in [7, 11) is 0. The molecule has 0 amide bonds. The first-order valence-corrected chi connectivity index (χ1v) is 4.14. The Kier molecular flexibility index (Phi) is 9.11. The normalized spacial score (nSPS) is 7.93. The summed E-state index contributed by atoms with van der Waals surface area (Å²) >= 11 is 0. The first kappa shape index (κ1) is 16.0. The van der Waals surface area contributed by atoms with Gasteiger partial charge in [0.05, 0.1) is 5.56 Å². The van der Waals surface area contributed by atoms with Gasteiger partial charge in [0.2, 0.25) is 0 Å². The second kappa shape index (κ2) is 7.95. The predicted molar refractivity (Wildman–Crippen MR) is 51.2 cm³/mol. The van der Waals surface area contributed by atoms with Crippen molar-refractivity contribution in [3.8, 4) is 5.75 Å². The number of aromatic carboxylic acids is 1. The molecule has 4 heteroatoms. The van der Waals surface area contributed by atoms with Crippen LogP contribution in [0.1, 0.15) is 29.8 Å². The van der Waals surface area contributed by atoms with Crippen molar-refractivity contribution in [2.45, 2.75) is 20.8 Å². The van der Waals surface area contributed by atoms with Crippen LogP contribution < -0.4 is 0 Å². The van der Waals surface area contributed by atoms with Gasteiger partial charge in [0, 0.05) is 32.7 Å². The number of aromatic hydroxyl groups is 1. The summed E-state index contributed by atoms with van der Waals surface area (Å²) in [6.45, 7) is 5.65. The second-order valence-corrected chi connectivity index (χ2v) is 2.31. The predicted octanol–water partition coefficient (Wildman–Crippen LogP) is 2.42. The summed E-state index contributed by atoms with van der Waals surface area (Å²) < 4.78 is 0. The number of carboxylic acids is 1. The van der Waals surface area contributed by atoms with Crippen molar-refractivity contribution in [2.75, 3.05) is 0 Å². The molecule has 0 spiro atoms. The van der Waals surface area contributed by atoms with E-state index in [1.165, 1.54) is 18.2 Å². The maximum Gasteiger partial charge on any atom is 0.335 e. The molecule has 2 N–H and O–H groups in total. The van der Waals surface area contributed by atoms with E-state index in [4.69, 9.17) is 10.2 Å². The largest absolute Gasteiger partial charge is 0.508 e. The Hall–Kier alpha value is -0.406. The number of phenols is 1. The fourth-order valence-corrected chi connectivity index (χ4v) is 0.788. The number of phenolic OH excluding ortho intramolecular Hbond substituents is 1. The van der Waals surface area contributed by atoms with E-state index < -0.39 is 5.97 Å². The van der Waals surface area contributed by atoms with E-state index in [1.54, 1.807) is 6.92 Å². The molecule has 0 heterocycles. The Bertz CT molecular complexity index is 297. The summed E-state index contributed by atoms with van der Waals surface area (Å²) in [5.74, 6) is -0.858. The fraction of sp³-hybridized carbons (Fsp3) is 0.300. The van der Waals surface area contributed by atoms with Gasteiger partial charge in [-0.25, -0.2) is 4.79 Å². The molecule has 1 aromatic rings. The van der Waals surface area contributed by atoms with Gasteiger partial charge in [0.25, 0.3) is 0 Å². The SMILES string of the molecule is CC.Cc1cc(C(=O)O)ccc1O.[Y]. The molecule has 0 fully saturated rings. The second-order valence-electron chi connectivity index (χ2n) is 2.31. The Morgan fingerprint density at radius 2 is 1.79 bits per heavy atom. The molecule has 75 valence electrons. The third-order valence-electron chi connectivity index (χ3n) is 1.44. The maximum atomic E-state index is 10.4. The Balaban J connectivity index is 0. The molecule has 0 aromatic heterocycles. The van der Waals surface area contributed by atoms with E-state index in [2.05, 4.69) is 0 Å². The van der Waals surface area contributed by atoms with Gasteiger partial charge in [-0.1, -0.05) is 13.8 Å². The first-order valence-electron chi connectivity index (χ1n) is 4.14. The Morgan fingerprint density at radius 1 is 1.29 bits per heavy atom. The van der Waals surface area contributed by atoms with E-state index in [-0.39, 0.29) is 44.0 Å². The van der Waals surface area contributed by atoms with Gasteiger partial charge in [0.15, 0.2) is 0 Å². The van der Waals surface area contributed by atoms with E-state index in [9.17, 15) is 4.79 Å². The van der Waals surface area contributed by atoms with Crippen LogP contribution in [0.25, 0.3) is 0 Å².